The number of thiophene rings is 1. The molecule has 0 aromatic carbocycles. The van der Waals surface area contributed by atoms with Crippen LogP contribution in [0.15, 0.2) is 17.5 Å². The largest absolute Gasteiger partial charge is 0.306 e. The van der Waals surface area contributed by atoms with Crippen LogP contribution in [0.1, 0.15) is 37.1 Å². The van der Waals surface area contributed by atoms with Gasteiger partial charge in [0, 0.05) is 23.5 Å². The second-order valence-corrected chi connectivity index (χ2v) is 7.11. The number of nitrogens with one attached hydrogen (secondary N) is 1. The van der Waals surface area contributed by atoms with Crippen molar-refractivity contribution < 1.29 is 0 Å². The van der Waals surface area contributed by atoms with Crippen LogP contribution in [-0.4, -0.2) is 31.1 Å². The van der Waals surface area contributed by atoms with E-state index in [2.05, 4.69) is 41.7 Å². The van der Waals surface area contributed by atoms with Gasteiger partial charge in [-0.15, -0.1) is 11.3 Å². The van der Waals surface area contributed by atoms with E-state index in [1.807, 2.05) is 11.3 Å². The molecule has 3 rings (SSSR count). The van der Waals surface area contributed by atoms with E-state index >= 15 is 0 Å². The van der Waals surface area contributed by atoms with Crippen molar-refractivity contribution in [3.8, 4) is 0 Å². The van der Waals surface area contributed by atoms with E-state index in [4.69, 9.17) is 0 Å². The summed E-state index contributed by atoms with van der Waals surface area (Å²) in [7, 11) is 2.24. The molecule has 0 amide bonds. The van der Waals surface area contributed by atoms with Gasteiger partial charge in [0.25, 0.3) is 0 Å². The van der Waals surface area contributed by atoms with Gasteiger partial charge in [-0.05, 0) is 56.1 Å². The topological polar surface area (TPSA) is 15.3 Å². The summed E-state index contributed by atoms with van der Waals surface area (Å²) < 4.78 is 0. The molecule has 3 atom stereocenters. The van der Waals surface area contributed by atoms with Crippen LogP contribution in [0.4, 0.5) is 0 Å². The third-order valence-corrected chi connectivity index (χ3v) is 5.40. The number of rotatable bonds is 4. The second kappa shape index (κ2) is 5.32. The maximum absolute atomic E-state index is 3.97. The minimum atomic E-state index is 0.626. The number of hydrogen-bond acceptors (Lipinski definition) is 3. The summed E-state index contributed by atoms with van der Waals surface area (Å²) in [5, 5.41) is 6.19. The zero-order chi connectivity index (χ0) is 12.5. The van der Waals surface area contributed by atoms with Crippen molar-refractivity contribution in [3.63, 3.8) is 0 Å². The molecule has 3 heteroatoms. The summed E-state index contributed by atoms with van der Waals surface area (Å²) >= 11 is 1.92. The monoisotopic (exact) mass is 264 g/mol. The number of hydrogen-bond donors (Lipinski definition) is 1. The van der Waals surface area contributed by atoms with Gasteiger partial charge in [-0.25, -0.2) is 0 Å². The van der Waals surface area contributed by atoms with E-state index in [0.29, 0.717) is 12.1 Å². The molecule has 1 aliphatic carbocycles. The van der Waals surface area contributed by atoms with E-state index < -0.39 is 0 Å². The van der Waals surface area contributed by atoms with Gasteiger partial charge in [0.05, 0.1) is 0 Å². The predicted molar refractivity (Wildman–Crippen MR) is 78.0 cm³/mol. The maximum atomic E-state index is 3.97. The van der Waals surface area contributed by atoms with Crippen molar-refractivity contribution in [1.29, 1.82) is 0 Å². The van der Waals surface area contributed by atoms with Crippen LogP contribution in [-0.2, 0) is 0 Å². The van der Waals surface area contributed by atoms with Gasteiger partial charge in [-0.2, -0.15) is 0 Å². The minimum Gasteiger partial charge on any atom is -0.306 e. The standard InChI is InChI=1S/C15H24N2S/c1-11-10-17(2)8-7-13(11)16-15(12-5-6-12)14-4-3-9-18-14/h3-4,9,11-13,15-16H,5-8,10H2,1-2H3. The lowest BCUT2D eigenvalue weighted by Gasteiger charge is -2.37. The first-order valence-electron chi connectivity index (χ1n) is 7.22. The molecule has 3 unspecified atom stereocenters. The van der Waals surface area contributed by atoms with Gasteiger partial charge < -0.3 is 10.2 Å². The summed E-state index contributed by atoms with van der Waals surface area (Å²) in [4.78, 5) is 4.00. The molecule has 1 saturated carbocycles. The summed E-state index contributed by atoms with van der Waals surface area (Å²) in [5.41, 5.74) is 0. The zero-order valence-corrected chi connectivity index (χ0v) is 12.2. The Hall–Kier alpha value is -0.380. The van der Waals surface area contributed by atoms with E-state index in [0.717, 1.165) is 11.8 Å². The van der Waals surface area contributed by atoms with Gasteiger partial charge >= 0.3 is 0 Å². The Morgan fingerprint density at radius 2 is 2.22 bits per heavy atom. The molecule has 0 radical (unpaired) electrons. The van der Waals surface area contributed by atoms with Crippen LogP contribution in [0.25, 0.3) is 0 Å². The average molecular weight is 264 g/mol. The molecule has 1 saturated heterocycles. The van der Waals surface area contributed by atoms with Crippen molar-refractivity contribution in [3.05, 3.63) is 22.4 Å². The Bertz CT molecular complexity index is 372. The quantitative estimate of drug-likeness (QED) is 0.899. The molecule has 18 heavy (non-hydrogen) atoms. The van der Waals surface area contributed by atoms with E-state index in [1.54, 1.807) is 4.88 Å². The molecule has 0 spiro atoms. The Kier molecular flexibility index (Phi) is 3.73. The lowest BCUT2D eigenvalue weighted by molar-refractivity contribution is 0.163. The predicted octanol–water partition coefficient (Wildman–Crippen LogP) is 3.13. The maximum Gasteiger partial charge on any atom is 0.0445 e. The van der Waals surface area contributed by atoms with Crippen molar-refractivity contribution in [2.24, 2.45) is 11.8 Å². The number of likely N-dealkylation sites (tertiary alicyclic amines) is 1. The summed E-state index contributed by atoms with van der Waals surface area (Å²) in [6.07, 6.45) is 4.12. The smallest absolute Gasteiger partial charge is 0.0445 e. The zero-order valence-electron chi connectivity index (χ0n) is 11.4. The number of nitrogens with zero attached hydrogens (tertiary/aromatic N) is 1. The van der Waals surface area contributed by atoms with E-state index in [-0.39, 0.29) is 0 Å². The van der Waals surface area contributed by atoms with Crippen LogP contribution in [0.3, 0.4) is 0 Å². The minimum absolute atomic E-state index is 0.626. The third-order valence-electron chi connectivity index (χ3n) is 4.45. The fraction of sp³-hybridized carbons (Fsp3) is 0.733. The van der Waals surface area contributed by atoms with Gasteiger partial charge in [0.1, 0.15) is 0 Å². The highest BCUT2D eigenvalue weighted by atomic mass is 32.1. The summed E-state index contributed by atoms with van der Waals surface area (Å²) in [6.45, 7) is 4.87. The summed E-state index contributed by atoms with van der Waals surface area (Å²) in [6, 6.07) is 5.82. The Labute approximate surface area is 114 Å². The van der Waals surface area contributed by atoms with E-state index in [1.165, 1.54) is 32.4 Å². The average Bonchev–Trinajstić information content (AvgIpc) is 3.03. The highest BCUT2D eigenvalue weighted by molar-refractivity contribution is 7.10. The Morgan fingerprint density at radius 1 is 1.39 bits per heavy atom. The van der Waals surface area contributed by atoms with Crippen LogP contribution in [0.2, 0.25) is 0 Å². The molecule has 2 nitrogen and oxygen atoms in total. The first kappa shape index (κ1) is 12.6. The highest BCUT2D eigenvalue weighted by Gasteiger charge is 2.36. The summed E-state index contributed by atoms with van der Waals surface area (Å²) in [5.74, 6) is 1.67. The molecule has 1 aliphatic heterocycles. The Balaban J connectivity index is 1.66. The molecule has 1 N–H and O–H groups in total. The van der Waals surface area contributed by atoms with Crippen molar-refractivity contribution in [2.45, 2.75) is 38.3 Å². The fourth-order valence-corrected chi connectivity index (χ4v) is 4.06. The molecule has 0 bridgehead atoms. The molecule has 100 valence electrons. The lowest BCUT2D eigenvalue weighted by Crippen LogP contribution is -2.48. The van der Waals surface area contributed by atoms with Crippen LogP contribution in [0, 0.1) is 11.8 Å². The lowest BCUT2D eigenvalue weighted by atomic mass is 9.92. The van der Waals surface area contributed by atoms with Crippen LogP contribution >= 0.6 is 11.3 Å². The molecule has 1 aromatic rings. The highest BCUT2D eigenvalue weighted by Crippen LogP contribution is 2.43. The molecule has 2 fully saturated rings. The van der Waals surface area contributed by atoms with Crippen molar-refractivity contribution in [1.82, 2.24) is 10.2 Å². The SMILES string of the molecule is CC1CN(C)CCC1NC(c1cccs1)C1CC1. The van der Waals surface area contributed by atoms with Gasteiger partial charge in [0.15, 0.2) is 0 Å². The van der Waals surface area contributed by atoms with Crippen LogP contribution in [0.5, 0.6) is 0 Å². The van der Waals surface area contributed by atoms with E-state index in [9.17, 15) is 0 Å². The molecular formula is C15H24N2S. The second-order valence-electron chi connectivity index (χ2n) is 6.13. The Morgan fingerprint density at radius 3 is 2.83 bits per heavy atom. The third kappa shape index (κ3) is 2.79. The van der Waals surface area contributed by atoms with Gasteiger partial charge in [-0.3, -0.25) is 0 Å². The van der Waals surface area contributed by atoms with Crippen molar-refractivity contribution >= 4 is 11.3 Å². The normalized spacial score (nSPS) is 31.4. The molecule has 1 aromatic heterocycles. The van der Waals surface area contributed by atoms with Crippen molar-refractivity contribution in [2.75, 3.05) is 20.1 Å². The molecule has 2 aliphatic rings. The van der Waals surface area contributed by atoms with Gasteiger partial charge in [0.2, 0.25) is 0 Å². The number of piperidine rings is 1. The first-order chi connectivity index (χ1) is 8.74. The molecule has 2 heterocycles. The molecular weight excluding hydrogens is 240 g/mol. The first-order valence-corrected chi connectivity index (χ1v) is 8.10. The fourth-order valence-electron chi connectivity index (χ4n) is 3.18. The van der Waals surface area contributed by atoms with Gasteiger partial charge in [-0.1, -0.05) is 13.0 Å². The van der Waals surface area contributed by atoms with Crippen LogP contribution < -0.4 is 5.32 Å².